The van der Waals surface area contributed by atoms with Gasteiger partial charge in [0.15, 0.2) is 0 Å². The van der Waals surface area contributed by atoms with Crippen LogP contribution in [0.4, 0.5) is 0 Å². The molecule has 0 aromatic carbocycles. The Labute approximate surface area is 74.2 Å². The number of nitrogens with zero attached hydrogens (tertiary/aromatic N) is 1. The van der Waals surface area contributed by atoms with Gasteiger partial charge in [-0.2, -0.15) is 0 Å². The van der Waals surface area contributed by atoms with Gasteiger partial charge in [-0.1, -0.05) is 26.0 Å². The van der Waals surface area contributed by atoms with E-state index in [1.54, 1.807) is 0 Å². The van der Waals surface area contributed by atoms with E-state index in [0.29, 0.717) is 0 Å². The van der Waals surface area contributed by atoms with Gasteiger partial charge in [-0.15, -0.1) is 0 Å². The van der Waals surface area contributed by atoms with Gasteiger partial charge >= 0.3 is 0 Å². The molecule has 0 aliphatic carbocycles. The molecule has 1 nitrogen and oxygen atoms in total. The Bertz CT molecular complexity index is 276. The van der Waals surface area contributed by atoms with Crippen molar-refractivity contribution in [1.29, 1.82) is 0 Å². The third-order valence-electron chi connectivity index (χ3n) is 2.00. The Balaban J connectivity index is 3.09. The molecule has 1 heterocycles. The van der Waals surface area contributed by atoms with Crippen molar-refractivity contribution in [2.24, 2.45) is 0 Å². The van der Waals surface area contributed by atoms with Gasteiger partial charge in [0.1, 0.15) is 0 Å². The molecule has 1 aromatic heterocycles. The van der Waals surface area contributed by atoms with Crippen molar-refractivity contribution in [2.45, 2.75) is 26.7 Å². The highest BCUT2D eigenvalue weighted by Gasteiger charge is 2.00. The molecule has 0 saturated carbocycles. The molecule has 0 aliphatic rings. The molecule has 64 valence electrons. The molecule has 12 heavy (non-hydrogen) atoms. The average molecular weight is 161 g/mol. The highest BCUT2D eigenvalue weighted by Crippen LogP contribution is 2.14. The molecule has 1 aromatic rings. The molecule has 0 radical (unpaired) electrons. The van der Waals surface area contributed by atoms with E-state index < -0.39 is 0 Å². The van der Waals surface area contributed by atoms with Crippen molar-refractivity contribution >= 4 is 6.08 Å². The topological polar surface area (TPSA) is 12.9 Å². The Kier molecular flexibility index (Phi) is 3.03. The van der Waals surface area contributed by atoms with Crippen molar-refractivity contribution in [3.05, 3.63) is 35.7 Å². The van der Waals surface area contributed by atoms with E-state index in [4.69, 9.17) is 0 Å². The Hall–Kier alpha value is -1.11. The molecular weight excluding hydrogens is 146 g/mol. The molecule has 0 amide bonds. The van der Waals surface area contributed by atoms with Crippen molar-refractivity contribution in [3.63, 3.8) is 0 Å². The quantitative estimate of drug-likeness (QED) is 0.664. The maximum atomic E-state index is 4.22. The number of aromatic nitrogens is 1. The fraction of sp³-hybridized carbons (Fsp3) is 0.364. The monoisotopic (exact) mass is 161 g/mol. The summed E-state index contributed by atoms with van der Waals surface area (Å²) in [6, 6.07) is 2.08. The second-order valence-electron chi connectivity index (χ2n) is 2.92. The molecule has 0 fully saturated rings. The summed E-state index contributed by atoms with van der Waals surface area (Å²) >= 11 is 0. The summed E-state index contributed by atoms with van der Waals surface area (Å²) in [5.41, 5.74) is 3.65. The zero-order valence-electron chi connectivity index (χ0n) is 7.80. The molecule has 0 N–H and O–H groups in total. The van der Waals surface area contributed by atoms with E-state index in [0.717, 1.165) is 12.1 Å². The minimum absolute atomic E-state index is 1.08. The Morgan fingerprint density at radius 3 is 2.92 bits per heavy atom. The third-order valence-corrected chi connectivity index (χ3v) is 2.00. The van der Waals surface area contributed by atoms with Crippen LogP contribution in [0.15, 0.2) is 18.8 Å². The lowest BCUT2D eigenvalue weighted by atomic mass is 10.0. The first-order chi connectivity index (χ1) is 5.79. The lowest BCUT2D eigenvalue weighted by Gasteiger charge is -2.05. The maximum absolute atomic E-state index is 4.22. The van der Waals surface area contributed by atoms with E-state index in [1.807, 2.05) is 19.2 Å². The van der Waals surface area contributed by atoms with E-state index in [1.165, 1.54) is 17.5 Å². The van der Waals surface area contributed by atoms with Crippen LogP contribution in [0.2, 0.25) is 0 Å². The fourth-order valence-corrected chi connectivity index (χ4v) is 1.40. The molecule has 0 aliphatic heterocycles. The summed E-state index contributed by atoms with van der Waals surface area (Å²) in [5.74, 6) is 0. The summed E-state index contributed by atoms with van der Waals surface area (Å²) in [6.45, 7) is 8.00. The van der Waals surface area contributed by atoms with Crippen molar-refractivity contribution in [2.75, 3.05) is 0 Å². The van der Waals surface area contributed by atoms with Crippen molar-refractivity contribution < 1.29 is 0 Å². The van der Waals surface area contributed by atoms with E-state index in [2.05, 4.69) is 24.6 Å². The molecule has 0 atom stereocenters. The molecule has 1 rings (SSSR count). The van der Waals surface area contributed by atoms with Crippen LogP contribution in [0.1, 0.15) is 30.2 Å². The Morgan fingerprint density at radius 2 is 2.33 bits per heavy atom. The first kappa shape index (κ1) is 8.98. The summed E-state index contributed by atoms with van der Waals surface area (Å²) < 4.78 is 0. The number of hydrogen-bond acceptors (Lipinski definition) is 1. The number of pyridine rings is 1. The van der Waals surface area contributed by atoms with Gasteiger partial charge in [0, 0.05) is 11.9 Å². The van der Waals surface area contributed by atoms with E-state index in [9.17, 15) is 0 Å². The lowest BCUT2D eigenvalue weighted by Crippen LogP contribution is -1.93. The highest BCUT2D eigenvalue weighted by atomic mass is 14.7. The van der Waals surface area contributed by atoms with Crippen LogP contribution in [0.25, 0.3) is 6.08 Å². The molecule has 0 bridgehead atoms. The first-order valence-corrected chi connectivity index (χ1v) is 4.36. The number of aryl methyl sites for hydroxylation is 2. The van der Waals surface area contributed by atoms with Crippen LogP contribution >= 0.6 is 0 Å². The van der Waals surface area contributed by atoms with Gasteiger partial charge < -0.3 is 0 Å². The van der Waals surface area contributed by atoms with Crippen LogP contribution < -0.4 is 0 Å². The minimum Gasteiger partial charge on any atom is -0.261 e. The zero-order chi connectivity index (χ0) is 8.97. The fourth-order valence-electron chi connectivity index (χ4n) is 1.40. The lowest BCUT2D eigenvalue weighted by molar-refractivity contribution is 0.911. The van der Waals surface area contributed by atoms with Crippen LogP contribution in [0, 0.1) is 6.92 Å². The van der Waals surface area contributed by atoms with Gasteiger partial charge in [0.05, 0.1) is 0 Å². The van der Waals surface area contributed by atoms with Gasteiger partial charge in [-0.05, 0) is 30.5 Å². The molecule has 0 unspecified atom stereocenters. The average Bonchev–Trinajstić information content (AvgIpc) is 2.05. The van der Waals surface area contributed by atoms with Crippen LogP contribution in [-0.4, -0.2) is 4.98 Å². The zero-order valence-corrected chi connectivity index (χ0v) is 7.80. The summed E-state index contributed by atoms with van der Waals surface area (Å²) in [5, 5.41) is 0. The van der Waals surface area contributed by atoms with Gasteiger partial charge in [0.25, 0.3) is 0 Å². The number of hydrogen-bond donors (Lipinski definition) is 0. The van der Waals surface area contributed by atoms with Gasteiger partial charge in [0.2, 0.25) is 0 Å². The summed E-state index contributed by atoms with van der Waals surface area (Å²) in [6.07, 6.45) is 6.05. The molecular formula is C11H15N. The standard InChI is InChI=1S/C11H15N/c1-4-6-10-7-8-12-9(3)11(10)5-2/h5,7-8H,2,4,6H2,1,3H3. The van der Waals surface area contributed by atoms with Crippen molar-refractivity contribution in [1.82, 2.24) is 4.98 Å². The second-order valence-corrected chi connectivity index (χ2v) is 2.92. The molecule has 0 spiro atoms. The van der Waals surface area contributed by atoms with E-state index >= 15 is 0 Å². The summed E-state index contributed by atoms with van der Waals surface area (Å²) in [7, 11) is 0. The van der Waals surface area contributed by atoms with Gasteiger partial charge in [-0.3, -0.25) is 4.98 Å². The van der Waals surface area contributed by atoms with Crippen LogP contribution in [-0.2, 0) is 6.42 Å². The predicted molar refractivity (Wildman–Crippen MR) is 53.1 cm³/mol. The molecule has 1 heteroatoms. The van der Waals surface area contributed by atoms with Gasteiger partial charge in [-0.25, -0.2) is 0 Å². The first-order valence-electron chi connectivity index (χ1n) is 4.36. The maximum Gasteiger partial charge on any atom is 0.0447 e. The van der Waals surface area contributed by atoms with Crippen LogP contribution in [0.3, 0.4) is 0 Å². The van der Waals surface area contributed by atoms with Crippen LogP contribution in [0.5, 0.6) is 0 Å². The summed E-state index contributed by atoms with van der Waals surface area (Å²) in [4.78, 5) is 4.22. The minimum atomic E-state index is 1.08. The van der Waals surface area contributed by atoms with E-state index in [-0.39, 0.29) is 0 Å². The third kappa shape index (κ3) is 1.73. The smallest absolute Gasteiger partial charge is 0.0447 e. The SMILES string of the molecule is C=Cc1c(CCC)ccnc1C. The van der Waals surface area contributed by atoms with Crippen molar-refractivity contribution in [3.8, 4) is 0 Å². The molecule has 0 saturated heterocycles. The highest BCUT2D eigenvalue weighted by molar-refractivity contribution is 5.53. The Morgan fingerprint density at radius 1 is 1.58 bits per heavy atom. The normalized spacial score (nSPS) is 9.83. The number of rotatable bonds is 3. The largest absolute Gasteiger partial charge is 0.261 e. The second kappa shape index (κ2) is 4.05. The predicted octanol–water partition coefficient (Wildman–Crippen LogP) is 2.99.